The smallest absolute Gasteiger partial charge is 0.325 e. The number of phenolic OH excluding ortho intramolecular Hbond substituents is 1. The minimum Gasteiger partial charge on any atom is -0.507 e. The highest BCUT2D eigenvalue weighted by atomic mass is 79.9. The van der Waals surface area contributed by atoms with Crippen LogP contribution in [0.3, 0.4) is 0 Å². The van der Waals surface area contributed by atoms with Crippen molar-refractivity contribution in [1.29, 1.82) is 0 Å². The molecule has 132 valence electrons. The normalized spacial score (nSPS) is 10.5. The molecule has 9 heteroatoms. The monoisotopic (exact) mass is 416 g/mol. The second-order valence-corrected chi connectivity index (χ2v) is 6.31. The first-order chi connectivity index (χ1) is 12.4. The number of benzene rings is 2. The summed E-state index contributed by atoms with van der Waals surface area (Å²) in [6.07, 6.45) is 1.51. The first-order valence-electron chi connectivity index (χ1n) is 7.44. The highest BCUT2D eigenvalue weighted by Gasteiger charge is 2.13. The van der Waals surface area contributed by atoms with E-state index in [1.165, 1.54) is 23.0 Å². The minimum atomic E-state index is -1.02. The number of hydrogen-bond donors (Lipinski definition) is 3. The summed E-state index contributed by atoms with van der Waals surface area (Å²) in [4.78, 5) is 23.1. The van der Waals surface area contributed by atoms with Crippen LogP contribution >= 0.6 is 15.9 Å². The van der Waals surface area contributed by atoms with Crippen molar-refractivity contribution in [1.82, 2.24) is 15.0 Å². The van der Waals surface area contributed by atoms with Crippen molar-refractivity contribution in [3.8, 4) is 17.0 Å². The van der Waals surface area contributed by atoms with E-state index in [4.69, 9.17) is 5.11 Å². The van der Waals surface area contributed by atoms with Crippen LogP contribution in [0.2, 0.25) is 0 Å². The minimum absolute atomic E-state index is 0.126. The Kier molecular flexibility index (Phi) is 4.99. The Balaban J connectivity index is 1.81. The molecule has 8 nitrogen and oxygen atoms in total. The largest absolute Gasteiger partial charge is 0.507 e. The molecular weight excluding hydrogens is 404 g/mol. The van der Waals surface area contributed by atoms with Crippen LogP contribution in [0, 0.1) is 0 Å². The lowest BCUT2D eigenvalue weighted by Gasteiger charge is -2.08. The molecule has 0 aliphatic rings. The first-order valence-corrected chi connectivity index (χ1v) is 8.24. The fourth-order valence-electron chi connectivity index (χ4n) is 2.29. The standard InChI is InChI=1S/C17H13BrN4O4/c18-11-4-5-15(23)13(7-11)17(26)19-12-3-1-2-10(6-12)14-8-22(21-20-14)9-16(24)25/h1-8,23H,9H2,(H,19,26)(H,24,25). The second kappa shape index (κ2) is 7.36. The van der Waals surface area contributed by atoms with Crippen LogP contribution in [0.1, 0.15) is 10.4 Å². The van der Waals surface area contributed by atoms with Crippen molar-refractivity contribution < 1.29 is 19.8 Å². The predicted molar refractivity (Wildman–Crippen MR) is 96.9 cm³/mol. The number of aromatic nitrogens is 3. The molecule has 0 atom stereocenters. The van der Waals surface area contributed by atoms with E-state index in [0.717, 1.165) is 0 Å². The number of aliphatic carboxylic acids is 1. The van der Waals surface area contributed by atoms with Crippen LogP contribution < -0.4 is 5.32 Å². The molecule has 26 heavy (non-hydrogen) atoms. The third-order valence-electron chi connectivity index (χ3n) is 3.46. The summed E-state index contributed by atoms with van der Waals surface area (Å²) in [6, 6.07) is 11.4. The Morgan fingerprint density at radius 1 is 1.19 bits per heavy atom. The number of phenols is 1. The van der Waals surface area contributed by atoms with Crippen molar-refractivity contribution in [2.75, 3.05) is 5.32 Å². The summed E-state index contributed by atoms with van der Waals surface area (Å²) in [5.41, 5.74) is 1.78. The Bertz CT molecular complexity index is 986. The molecule has 0 radical (unpaired) electrons. The lowest BCUT2D eigenvalue weighted by Crippen LogP contribution is -2.12. The fourth-order valence-corrected chi connectivity index (χ4v) is 2.65. The van der Waals surface area contributed by atoms with Crippen LogP contribution in [0.5, 0.6) is 5.75 Å². The predicted octanol–water partition coefficient (Wildman–Crippen LogP) is 2.75. The summed E-state index contributed by atoms with van der Waals surface area (Å²) in [6.45, 7) is -0.286. The van der Waals surface area contributed by atoms with E-state index in [9.17, 15) is 14.7 Å². The second-order valence-electron chi connectivity index (χ2n) is 5.39. The zero-order valence-corrected chi connectivity index (χ0v) is 14.8. The van der Waals surface area contributed by atoms with E-state index in [1.54, 1.807) is 30.3 Å². The lowest BCUT2D eigenvalue weighted by atomic mass is 10.1. The molecular formula is C17H13BrN4O4. The molecule has 0 aliphatic heterocycles. The number of nitrogens with zero attached hydrogens (tertiary/aromatic N) is 3. The fraction of sp³-hybridized carbons (Fsp3) is 0.0588. The lowest BCUT2D eigenvalue weighted by molar-refractivity contribution is -0.137. The van der Waals surface area contributed by atoms with Gasteiger partial charge in [0, 0.05) is 15.7 Å². The highest BCUT2D eigenvalue weighted by Crippen LogP contribution is 2.24. The van der Waals surface area contributed by atoms with E-state index in [-0.39, 0.29) is 17.9 Å². The van der Waals surface area contributed by atoms with Gasteiger partial charge in [0.05, 0.1) is 11.8 Å². The number of carboxylic acid groups (broad SMARTS) is 1. The van der Waals surface area contributed by atoms with Gasteiger partial charge in [-0.25, -0.2) is 4.68 Å². The molecule has 2 aromatic carbocycles. The number of hydrogen-bond acceptors (Lipinski definition) is 5. The summed E-state index contributed by atoms with van der Waals surface area (Å²) >= 11 is 3.26. The molecule has 0 unspecified atom stereocenters. The quantitative estimate of drug-likeness (QED) is 0.588. The average Bonchev–Trinajstić information content (AvgIpc) is 3.05. The van der Waals surface area contributed by atoms with Crippen molar-refractivity contribution in [2.45, 2.75) is 6.54 Å². The van der Waals surface area contributed by atoms with Gasteiger partial charge in [-0.1, -0.05) is 33.3 Å². The molecule has 3 rings (SSSR count). The van der Waals surface area contributed by atoms with Crippen LogP contribution in [-0.2, 0) is 11.3 Å². The summed E-state index contributed by atoms with van der Waals surface area (Å²) in [5, 5.41) is 29.0. The molecule has 0 bridgehead atoms. The van der Waals surface area contributed by atoms with Crippen molar-refractivity contribution in [3.05, 3.63) is 58.7 Å². The SMILES string of the molecule is O=C(O)Cn1cc(-c2cccc(NC(=O)c3cc(Br)ccc3O)c2)nn1. The van der Waals surface area contributed by atoms with Gasteiger partial charge in [-0.2, -0.15) is 0 Å². The molecule has 3 aromatic rings. The van der Waals surface area contributed by atoms with Crippen molar-refractivity contribution in [3.63, 3.8) is 0 Å². The summed E-state index contributed by atoms with van der Waals surface area (Å²) in [7, 11) is 0. The summed E-state index contributed by atoms with van der Waals surface area (Å²) in [5.74, 6) is -1.61. The molecule has 1 aromatic heterocycles. The van der Waals surface area contributed by atoms with E-state index in [0.29, 0.717) is 21.4 Å². The van der Waals surface area contributed by atoms with Gasteiger partial charge in [0.25, 0.3) is 5.91 Å². The zero-order chi connectivity index (χ0) is 18.7. The van der Waals surface area contributed by atoms with Crippen molar-refractivity contribution >= 4 is 33.5 Å². The molecule has 0 saturated carbocycles. The number of nitrogens with one attached hydrogen (secondary N) is 1. The first kappa shape index (κ1) is 17.6. The number of carbonyl (C=O) groups excluding carboxylic acids is 1. The zero-order valence-electron chi connectivity index (χ0n) is 13.3. The maximum Gasteiger partial charge on any atom is 0.325 e. The van der Waals surface area contributed by atoms with E-state index >= 15 is 0 Å². The Morgan fingerprint density at radius 2 is 2.00 bits per heavy atom. The molecule has 0 spiro atoms. The van der Waals surface area contributed by atoms with Gasteiger partial charge >= 0.3 is 5.97 Å². The third-order valence-corrected chi connectivity index (χ3v) is 3.95. The molecule has 1 heterocycles. The van der Waals surface area contributed by atoms with Gasteiger partial charge in [-0.15, -0.1) is 5.10 Å². The number of anilines is 1. The Morgan fingerprint density at radius 3 is 2.77 bits per heavy atom. The summed E-state index contributed by atoms with van der Waals surface area (Å²) < 4.78 is 1.88. The maximum absolute atomic E-state index is 12.4. The number of carboxylic acids is 1. The highest BCUT2D eigenvalue weighted by molar-refractivity contribution is 9.10. The van der Waals surface area contributed by atoms with Gasteiger partial charge in [0.2, 0.25) is 0 Å². The number of aromatic hydroxyl groups is 1. The van der Waals surface area contributed by atoms with Gasteiger partial charge in [-0.05, 0) is 30.3 Å². The third kappa shape index (κ3) is 4.06. The average molecular weight is 417 g/mol. The van der Waals surface area contributed by atoms with Gasteiger partial charge in [0.1, 0.15) is 18.0 Å². The number of halogens is 1. The topological polar surface area (TPSA) is 117 Å². The van der Waals surface area contributed by atoms with Gasteiger partial charge < -0.3 is 15.5 Å². The van der Waals surface area contributed by atoms with Crippen LogP contribution in [0.4, 0.5) is 5.69 Å². The Hall–Kier alpha value is -3.20. The number of carbonyl (C=O) groups is 2. The van der Waals surface area contributed by atoms with Crippen LogP contribution in [0.25, 0.3) is 11.3 Å². The molecule has 0 fully saturated rings. The Labute approximate surface area is 156 Å². The molecule has 0 aliphatic carbocycles. The maximum atomic E-state index is 12.4. The van der Waals surface area contributed by atoms with Gasteiger partial charge in [0.15, 0.2) is 0 Å². The molecule has 1 amide bonds. The van der Waals surface area contributed by atoms with Gasteiger partial charge in [-0.3, -0.25) is 9.59 Å². The number of amides is 1. The van der Waals surface area contributed by atoms with E-state index in [1.807, 2.05) is 0 Å². The van der Waals surface area contributed by atoms with Crippen molar-refractivity contribution in [2.24, 2.45) is 0 Å². The molecule has 0 saturated heterocycles. The van der Waals surface area contributed by atoms with E-state index < -0.39 is 11.9 Å². The number of rotatable bonds is 5. The van der Waals surface area contributed by atoms with Crippen LogP contribution in [0.15, 0.2) is 53.1 Å². The van der Waals surface area contributed by atoms with E-state index in [2.05, 4.69) is 31.6 Å². The molecule has 3 N–H and O–H groups in total. The van der Waals surface area contributed by atoms with Crippen LogP contribution in [-0.4, -0.2) is 37.1 Å².